The molecule has 0 saturated heterocycles. The summed E-state index contributed by atoms with van der Waals surface area (Å²) in [6.07, 6.45) is 0. The molecule has 0 fully saturated rings. The van der Waals surface area contributed by atoms with Crippen molar-refractivity contribution in [2.24, 2.45) is 0 Å². The highest BCUT2D eigenvalue weighted by Crippen LogP contribution is 2.56. The average Bonchev–Trinajstić information content (AvgIpc) is 3.70. The van der Waals surface area contributed by atoms with E-state index in [4.69, 9.17) is 0 Å². The van der Waals surface area contributed by atoms with Crippen LogP contribution in [0.2, 0.25) is 0 Å². The topological polar surface area (TPSA) is 6.48 Å². The first-order valence-electron chi connectivity index (χ1n) is 18.1. The number of anilines is 6. The lowest BCUT2D eigenvalue weighted by atomic mass is 9.73. The third-order valence-corrected chi connectivity index (χ3v) is 14.0. The summed E-state index contributed by atoms with van der Waals surface area (Å²) in [5.74, 6) is 0. The predicted molar refractivity (Wildman–Crippen MR) is 226 cm³/mol. The van der Waals surface area contributed by atoms with Crippen molar-refractivity contribution in [3.05, 3.63) is 168 Å². The van der Waals surface area contributed by atoms with Crippen LogP contribution in [-0.2, 0) is 10.8 Å². The fraction of sp³-hybridized carbons (Fsp3) is 0.125. The number of benzene rings is 7. The second-order valence-corrected chi connectivity index (χ2v) is 17.6. The van der Waals surface area contributed by atoms with Gasteiger partial charge in [0, 0.05) is 62.5 Å². The number of hydrogen-bond acceptors (Lipinski definition) is 4. The van der Waals surface area contributed by atoms with Gasteiger partial charge in [0.25, 0.3) is 0 Å². The van der Waals surface area contributed by atoms with Crippen LogP contribution in [0.4, 0.5) is 34.1 Å². The number of nitrogens with zero attached hydrogens (tertiary/aromatic N) is 2. The summed E-state index contributed by atoms with van der Waals surface area (Å²) in [5.41, 5.74) is 12.6. The summed E-state index contributed by atoms with van der Waals surface area (Å²) >= 11 is 3.87. The van der Waals surface area contributed by atoms with Gasteiger partial charge in [-0.15, -0.1) is 22.7 Å². The molecule has 0 saturated carbocycles. The SMILES string of the molecule is CC1(C)c2ccccc2N(c2ccccc2)c2cc3c(cc21)sc1cc2c(cc13)sc1cc3c(cc12)N(c1ccccc1)c1ccccc1C3(C)C. The third kappa shape index (κ3) is 4.05. The highest BCUT2D eigenvalue weighted by atomic mass is 32.1. The van der Waals surface area contributed by atoms with Gasteiger partial charge in [0.15, 0.2) is 0 Å². The molecule has 4 heterocycles. The zero-order valence-electron chi connectivity index (χ0n) is 29.6. The van der Waals surface area contributed by atoms with Gasteiger partial charge in [-0.3, -0.25) is 0 Å². The van der Waals surface area contributed by atoms with Crippen LogP contribution >= 0.6 is 22.7 Å². The smallest absolute Gasteiger partial charge is 0.0509 e. The van der Waals surface area contributed by atoms with E-state index in [9.17, 15) is 0 Å². The van der Waals surface area contributed by atoms with E-state index in [-0.39, 0.29) is 10.8 Å². The molecule has 0 unspecified atom stereocenters. The van der Waals surface area contributed by atoms with Gasteiger partial charge in [-0.2, -0.15) is 0 Å². The van der Waals surface area contributed by atoms with E-state index in [0.29, 0.717) is 0 Å². The fourth-order valence-electron chi connectivity index (χ4n) is 9.14. The van der Waals surface area contributed by atoms with Crippen molar-refractivity contribution in [1.29, 1.82) is 0 Å². The van der Waals surface area contributed by atoms with Crippen molar-refractivity contribution >= 4 is 97.1 Å². The number of hydrogen-bond donors (Lipinski definition) is 0. The van der Waals surface area contributed by atoms with Crippen molar-refractivity contribution in [2.75, 3.05) is 9.80 Å². The molecule has 11 rings (SSSR count). The molecule has 250 valence electrons. The van der Waals surface area contributed by atoms with Gasteiger partial charge >= 0.3 is 0 Å². The molecule has 2 aromatic heterocycles. The van der Waals surface area contributed by atoms with Gasteiger partial charge < -0.3 is 9.80 Å². The van der Waals surface area contributed by atoms with Crippen LogP contribution in [0, 0.1) is 0 Å². The maximum Gasteiger partial charge on any atom is 0.0509 e. The Balaban J connectivity index is 1.15. The highest BCUT2D eigenvalue weighted by molar-refractivity contribution is 7.27. The molecule has 0 amide bonds. The molecular weight excluding hydrogens is 669 g/mol. The molecule has 4 heteroatoms. The van der Waals surface area contributed by atoms with Crippen LogP contribution in [-0.4, -0.2) is 0 Å². The van der Waals surface area contributed by atoms with Crippen molar-refractivity contribution in [3.8, 4) is 0 Å². The Bertz CT molecular complexity index is 2710. The number of para-hydroxylation sites is 4. The zero-order valence-corrected chi connectivity index (χ0v) is 31.2. The maximum atomic E-state index is 2.49. The Morgan fingerprint density at radius 2 is 0.692 bits per heavy atom. The molecule has 52 heavy (non-hydrogen) atoms. The van der Waals surface area contributed by atoms with Gasteiger partial charge in [0.05, 0.1) is 22.7 Å². The summed E-state index contributed by atoms with van der Waals surface area (Å²) in [6, 6.07) is 54.4. The summed E-state index contributed by atoms with van der Waals surface area (Å²) < 4.78 is 5.38. The zero-order chi connectivity index (χ0) is 34.9. The Hall–Kier alpha value is -5.42. The summed E-state index contributed by atoms with van der Waals surface area (Å²) in [4.78, 5) is 4.94. The first-order chi connectivity index (χ1) is 25.3. The van der Waals surface area contributed by atoms with E-state index in [0.717, 1.165) is 0 Å². The van der Waals surface area contributed by atoms with E-state index in [1.54, 1.807) is 0 Å². The lowest BCUT2D eigenvalue weighted by Crippen LogP contribution is -2.30. The summed E-state index contributed by atoms with van der Waals surface area (Å²) in [5, 5.41) is 5.35. The quantitative estimate of drug-likeness (QED) is 0.177. The molecule has 0 atom stereocenters. The summed E-state index contributed by atoms with van der Waals surface area (Å²) in [6.45, 7) is 9.53. The molecular formula is C48H36N2S2. The highest BCUT2D eigenvalue weighted by Gasteiger charge is 2.39. The Kier molecular flexibility index (Phi) is 6.14. The van der Waals surface area contributed by atoms with E-state index in [1.807, 2.05) is 22.7 Å². The van der Waals surface area contributed by atoms with Crippen LogP contribution in [0.5, 0.6) is 0 Å². The van der Waals surface area contributed by atoms with Gasteiger partial charge in [0.1, 0.15) is 0 Å². The molecule has 0 bridgehead atoms. The Morgan fingerprint density at radius 3 is 1.12 bits per heavy atom. The molecule has 7 aromatic carbocycles. The normalized spacial score (nSPS) is 15.5. The van der Waals surface area contributed by atoms with Crippen LogP contribution in [0.25, 0.3) is 40.3 Å². The van der Waals surface area contributed by atoms with Crippen LogP contribution in [0.15, 0.2) is 146 Å². The molecule has 9 aromatic rings. The molecule has 2 nitrogen and oxygen atoms in total. The molecule has 0 aliphatic carbocycles. The van der Waals surface area contributed by atoms with Crippen LogP contribution < -0.4 is 9.80 Å². The predicted octanol–water partition coefficient (Wildman–Crippen LogP) is 14.6. The van der Waals surface area contributed by atoms with Crippen molar-refractivity contribution in [2.45, 2.75) is 38.5 Å². The van der Waals surface area contributed by atoms with Gasteiger partial charge in [-0.05, 0) is 95.1 Å². The second-order valence-electron chi connectivity index (χ2n) is 15.4. The average molecular weight is 705 g/mol. The van der Waals surface area contributed by atoms with Gasteiger partial charge in [-0.25, -0.2) is 0 Å². The van der Waals surface area contributed by atoms with Crippen molar-refractivity contribution in [1.82, 2.24) is 0 Å². The van der Waals surface area contributed by atoms with Crippen molar-refractivity contribution in [3.63, 3.8) is 0 Å². The maximum absolute atomic E-state index is 2.49. The van der Waals surface area contributed by atoms with Crippen LogP contribution in [0.3, 0.4) is 0 Å². The standard InChI is InChI=1S/C48H36N2S2/c1-47(2)35-19-11-13-21-39(35)49(29-15-7-5-8-16-29)41-23-31-33-25-44-34(26-43(33)51-45(31)27-37(41)47)32-24-42-38(28-46(32)52-44)48(3,4)36-20-12-14-22-40(36)50(42)30-17-9-6-10-18-30/h5-28H,1-4H3. The monoisotopic (exact) mass is 704 g/mol. The van der Waals surface area contributed by atoms with Gasteiger partial charge in [0.2, 0.25) is 0 Å². The Labute approximate surface area is 311 Å². The van der Waals surface area contributed by atoms with Crippen molar-refractivity contribution < 1.29 is 0 Å². The van der Waals surface area contributed by atoms with E-state index >= 15 is 0 Å². The van der Waals surface area contributed by atoms with E-state index in [2.05, 4.69) is 183 Å². The van der Waals surface area contributed by atoms with Gasteiger partial charge in [-0.1, -0.05) is 100 Å². The molecule has 2 aliphatic heterocycles. The Morgan fingerprint density at radius 1 is 0.346 bits per heavy atom. The fourth-order valence-corrected chi connectivity index (χ4v) is 11.4. The first-order valence-corrected chi connectivity index (χ1v) is 19.7. The van der Waals surface area contributed by atoms with Crippen LogP contribution in [0.1, 0.15) is 49.9 Å². The molecule has 2 aliphatic rings. The molecule has 0 radical (unpaired) electrons. The van der Waals surface area contributed by atoms with E-state index in [1.165, 1.54) is 96.7 Å². The summed E-state index contributed by atoms with van der Waals surface area (Å²) in [7, 11) is 0. The lowest BCUT2D eigenvalue weighted by molar-refractivity contribution is 0.633. The first kappa shape index (κ1) is 30.2. The minimum Gasteiger partial charge on any atom is -0.310 e. The molecule has 0 N–H and O–H groups in total. The number of fused-ring (bicyclic) bond motifs is 10. The number of thiophene rings is 2. The largest absolute Gasteiger partial charge is 0.310 e. The number of rotatable bonds is 2. The van der Waals surface area contributed by atoms with E-state index < -0.39 is 0 Å². The minimum atomic E-state index is -0.131. The minimum absolute atomic E-state index is 0.131. The lowest BCUT2D eigenvalue weighted by Gasteiger charge is -2.42. The second kappa shape index (κ2) is 10.6. The third-order valence-electron chi connectivity index (χ3n) is 11.8. The molecule has 0 spiro atoms.